The highest BCUT2D eigenvalue weighted by molar-refractivity contribution is 5.73. The van der Waals surface area contributed by atoms with E-state index in [1.54, 1.807) is 6.92 Å². The number of hydrogen-bond donors (Lipinski definition) is 0. The minimum absolute atomic E-state index is 0.190. The second-order valence-corrected chi connectivity index (χ2v) is 6.92. The van der Waals surface area contributed by atoms with Gasteiger partial charge in [0.2, 0.25) is 5.91 Å². The molecule has 1 aliphatic heterocycles. The molecule has 3 heterocycles. The molecule has 1 aliphatic rings. The molecular weight excluding hydrogens is 300 g/mol. The number of likely N-dealkylation sites (tertiary alicyclic amines) is 1. The van der Waals surface area contributed by atoms with Gasteiger partial charge >= 0.3 is 0 Å². The Bertz CT molecular complexity index is 699. The number of amides is 1. The summed E-state index contributed by atoms with van der Waals surface area (Å²) in [6.45, 7) is 7.66. The van der Waals surface area contributed by atoms with Crippen LogP contribution in [0.2, 0.25) is 0 Å². The molecule has 24 heavy (non-hydrogen) atoms. The molecule has 2 aromatic heterocycles. The number of pyridine rings is 1. The molecule has 0 aromatic carbocycles. The third-order valence-electron chi connectivity index (χ3n) is 4.79. The number of aromatic nitrogens is 3. The van der Waals surface area contributed by atoms with Gasteiger partial charge in [-0.25, -0.2) is 0 Å². The minimum Gasteiger partial charge on any atom is -0.343 e. The maximum absolute atomic E-state index is 11.4. The normalized spacial score (nSPS) is 15.9. The van der Waals surface area contributed by atoms with Crippen molar-refractivity contribution < 1.29 is 4.79 Å². The van der Waals surface area contributed by atoms with E-state index in [1.165, 1.54) is 0 Å². The van der Waals surface area contributed by atoms with Crippen LogP contribution >= 0.6 is 0 Å². The van der Waals surface area contributed by atoms with Gasteiger partial charge < -0.3 is 4.90 Å². The number of carbonyl (C=O) groups is 1. The first-order valence-electron chi connectivity index (χ1n) is 8.80. The zero-order valence-electron chi connectivity index (χ0n) is 14.8. The van der Waals surface area contributed by atoms with Crippen molar-refractivity contribution in [3.63, 3.8) is 0 Å². The average Bonchev–Trinajstić information content (AvgIpc) is 3.05. The Morgan fingerprint density at radius 1 is 1.25 bits per heavy atom. The molecule has 1 saturated heterocycles. The Morgan fingerprint density at radius 2 is 2.00 bits per heavy atom. The van der Waals surface area contributed by atoms with E-state index in [4.69, 9.17) is 4.98 Å². The summed E-state index contributed by atoms with van der Waals surface area (Å²) in [5.74, 6) is 0.800. The molecule has 5 heteroatoms. The standard InChI is InChI=1S/C19H26N4O/c1-14(2)23-19(7-10-20-23)18-6-4-5-17(21-18)13-16-8-11-22(12-9-16)15(3)24/h4-7,10,14,16H,8-9,11-13H2,1-3H3. The van der Waals surface area contributed by atoms with Gasteiger partial charge in [-0.3, -0.25) is 14.5 Å². The summed E-state index contributed by atoms with van der Waals surface area (Å²) in [4.78, 5) is 18.2. The zero-order chi connectivity index (χ0) is 17.1. The van der Waals surface area contributed by atoms with Crippen LogP contribution in [-0.4, -0.2) is 38.7 Å². The van der Waals surface area contributed by atoms with E-state index in [-0.39, 0.29) is 5.91 Å². The highest BCUT2D eigenvalue weighted by atomic mass is 16.2. The molecule has 0 aliphatic carbocycles. The molecule has 0 bridgehead atoms. The van der Waals surface area contributed by atoms with E-state index >= 15 is 0 Å². The summed E-state index contributed by atoms with van der Waals surface area (Å²) in [5.41, 5.74) is 3.18. The third-order valence-corrected chi connectivity index (χ3v) is 4.79. The lowest BCUT2D eigenvalue weighted by molar-refractivity contribution is -0.130. The van der Waals surface area contributed by atoms with Crippen molar-refractivity contribution in [3.8, 4) is 11.4 Å². The third kappa shape index (κ3) is 3.66. The first-order chi connectivity index (χ1) is 11.5. The Balaban J connectivity index is 1.70. The highest BCUT2D eigenvalue weighted by Crippen LogP contribution is 2.24. The molecular formula is C19H26N4O. The topological polar surface area (TPSA) is 51.0 Å². The van der Waals surface area contributed by atoms with Crippen LogP contribution in [-0.2, 0) is 11.2 Å². The van der Waals surface area contributed by atoms with Crippen LogP contribution in [0.15, 0.2) is 30.5 Å². The van der Waals surface area contributed by atoms with Crippen molar-refractivity contribution in [2.75, 3.05) is 13.1 Å². The molecule has 0 radical (unpaired) electrons. The number of piperidine rings is 1. The maximum Gasteiger partial charge on any atom is 0.219 e. The summed E-state index contributed by atoms with van der Waals surface area (Å²) in [6.07, 6.45) is 4.95. The van der Waals surface area contributed by atoms with Gasteiger partial charge in [-0.05, 0) is 57.2 Å². The monoisotopic (exact) mass is 326 g/mol. The lowest BCUT2D eigenvalue weighted by Crippen LogP contribution is -2.37. The van der Waals surface area contributed by atoms with E-state index in [0.717, 1.165) is 49.4 Å². The summed E-state index contributed by atoms with van der Waals surface area (Å²) >= 11 is 0. The molecule has 5 nitrogen and oxygen atoms in total. The Morgan fingerprint density at radius 3 is 2.67 bits per heavy atom. The number of rotatable bonds is 4. The molecule has 0 saturated carbocycles. The molecule has 1 amide bonds. The SMILES string of the molecule is CC(=O)N1CCC(Cc2cccc(-c3ccnn3C(C)C)n2)CC1. The summed E-state index contributed by atoms with van der Waals surface area (Å²) < 4.78 is 2.01. The van der Waals surface area contributed by atoms with Gasteiger partial charge in [0, 0.05) is 37.9 Å². The smallest absolute Gasteiger partial charge is 0.219 e. The van der Waals surface area contributed by atoms with Crippen molar-refractivity contribution in [2.24, 2.45) is 5.92 Å². The van der Waals surface area contributed by atoms with E-state index < -0.39 is 0 Å². The van der Waals surface area contributed by atoms with Crippen molar-refractivity contribution in [2.45, 2.75) is 46.1 Å². The fourth-order valence-electron chi connectivity index (χ4n) is 3.41. The van der Waals surface area contributed by atoms with E-state index in [9.17, 15) is 4.79 Å². The zero-order valence-corrected chi connectivity index (χ0v) is 14.8. The molecule has 0 unspecified atom stereocenters. The Kier molecular flexibility index (Phi) is 4.97. The van der Waals surface area contributed by atoms with Crippen LogP contribution in [0.4, 0.5) is 0 Å². The quantitative estimate of drug-likeness (QED) is 0.866. The van der Waals surface area contributed by atoms with Crippen LogP contribution in [0.5, 0.6) is 0 Å². The molecule has 3 rings (SSSR count). The molecule has 0 spiro atoms. The summed E-state index contributed by atoms with van der Waals surface area (Å²) in [6, 6.07) is 8.59. The van der Waals surface area contributed by atoms with Gasteiger partial charge in [0.15, 0.2) is 0 Å². The predicted molar refractivity (Wildman–Crippen MR) is 94.5 cm³/mol. The van der Waals surface area contributed by atoms with Crippen molar-refractivity contribution in [1.29, 1.82) is 0 Å². The fourth-order valence-corrected chi connectivity index (χ4v) is 3.41. The average molecular weight is 326 g/mol. The van der Waals surface area contributed by atoms with Gasteiger partial charge in [0.1, 0.15) is 0 Å². The fraction of sp³-hybridized carbons (Fsp3) is 0.526. The molecule has 2 aromatic rings. The second kappa shape index (κ2) is 7.16. The van der Waals surface area contributed by atoms with Gasteiger partial charge in [-0.15, -0.1) is 0 Å². The van der Waals surface area contributed by atoms with E-state index in [1.807, 2.05) is 21.8 Å². The van der Waals surface area contributed by atoms with Gasteiger partial charge in [-0.1, -0.05) is 6.07 Å². The van der Waals surface area contributed by atoms with Crippen LogP contribution in [0.1, 0.15) is 45.3 Å². The maximum atomic E-state index is 11.4. The molecule has 128 valence electrons. The first-order valence-corrected chi connectivity index (χ1v) is 8.80. The van der Waals surface area contributed by atoms with Crippen LogP contribution in [0, 0.1) is 5.92 Å². The van der Waals surface area contributed by atoms with Crippen LogP contribution < -0.4 is 0 Å². The van der Waals surface area contributed by atoms with Crippen LogP contribution in [0.3, 0.4) is 0 Å². The van der Waals surface area contributed by atoms with E-state index in [2.05, 4.69) is 37.1 Å². The second-order valence-electron chi connectivity index (χ2n) is 6.92. The lowest BCUT2D eigenvalue weighted by atomic mass is 9.92. The van der Waals surface area contributed by atoms with Crippen LogP contribution in [0.25, 0.3) is 11.4 Å². The van der Waals surface area contributed by atoms with Gasteiger partial charge in [0.05, 0.1) is 11.4 Å². The number of hydrogen-bond acceptors (Lipinski definition) is 3. The number of carbonyl (C=O) groups excluding carboxylic acids is 1. The van der Waals surface area contributed by atoms with E-state index in [0.29, 0.717) is 12.0 Å². The Hall–Kier alpha value is -2.17. The summed E-state index contributed by atoms with van der Waals surface area (Å²) in [5, 5.41) is 4.40. The molecule has 0 atom stereocenters. The van der Waals surface area contributed by atoms with Crippen molar-refractivity contribution in [1.82, 2.24) is 19.7 Å². The molecule has 1 fully saturated rings. The predicted octanol–water partition coefficient (Wildman–Crippen LogP) is 3.33. The molecule has 0 N–H and O–H groups in total. The summed E-state index contributed by atoms with van der Waals surface area (Å²) in [7, 11) is 0. The Labute approximate surface area is 143 Å². The highest BCUT2D eigenvalue weighted by Gasteiger charge is 2.21. The number of nitrogens with zero attached hydrogens (tertiary/aromatic N) is 4. The van der Waals surface area contributed by atoms with Gasteiger partial charge in [0.25, 0.3) is 0 Å². The van der Waals surface area contributed by atoms with Crippen molar-refractivity contribution >= 4 is 5.91 Å². The van der Waals surface area contributed by atoms with Gasteiger partial charge in [-0.2, -0.15) is 5.10 Å². The minimum atomic E-state index is 0.190. The lowest BCUT2D eigenvalue weighted by Gasteiger charge is -2.31. The first kappa shape index (κ1) is 16.7. The largest absolute Gasteiger partial charge is 0.343 e. The van der Waals surface area contributed by atoms with Crippen molar-refractivity contribution in [3.05, 3.63) is 36.2 Å².